The van der Waals surface area contributed by atoms with E-state index < -0.39 is 34.5 Å². The number of benzene rings is 1. The number of ketones is 1. The number of hydrogen-bond donors (Lipinski definition) is 2. The SMILES string of the molecule is CC(=O)c1c(NC(C)CCCn2ccc3cc(-c4ncc(C(F)(F)F)cn4)c(F)cc3c2=O)cn[nH]c1=O. The molecule has 0 aliphatic carbocycles. The van der Waals surface area contributed by atoms with E-state index in [0.29, 0.717) is 42.9 Å². The molecule has 9 nitrogen and oxygen atoms in total. The molecule has 1 unspecified atom stereocenters. The number of aryl methyl sites for hydroxylation is 1. The largest absolute Gasteiger partial charge is 0.419 e. The van der Waals surface area contributed by atoms with Gasteiger partial charge in [-0.05, 0) is 50.3 Å². The second-order valence-corrected chi connectivity index (χ2v) is 8.76. The molecule has 0 saturated heterocycles. The average Bonchev–Trinajstić information content (AvgIpc) is 2.85. The summed E-state index contributed by atoms with van der Waals surface area (Å²) in [5.41, 5.74) is -1.89. The van der Waals surface area contributed by atoms with Crippen molar-refractivity contribution in [2.45, 2.75) is 45.5 Å². The van der Waals surface area contributed by atoms with Crippen molar-refractivity contribution in [3.63, 3.8) is 0 Å². The zero-order valence-corrected chi connectivity index (χ0v) is 20.3. The summed E-state index contributed by atoms with van der Waals surface area (Å²) in [6.07, 6.45) is 0.571. The van der Waals surface area contributed by atoms with Gasteiger partial charge in [0.2, 0.25) is 0 Å². The Morgan fingerprint density at radius 3 is 2.53 bits per heavy atom. The summed E-state index contributed by atoms with van der Waals surface area (Å²) < 4.78 is 54.5. The Balaban J connectivity index is 1.48. The van der Waals surface area contributed by atoms with Crippen molar-refractivity contribution >= 4 is 22.2 Å². The molecule has 0 radical (unpaired) electrons. The van der Waals surface area contributed by atoms with Gasteiger partial charge in [0.15, 0.2) is 11.6 Å². The van der Waals surface area contributed by atoms with Crippen molar-refractivity contribution in [3.8, 4) is 11.4 Å². The number of H-pyrrole nitrogens is 1. The lowest BCUT2D eigenvalue weighted by Crippen LogP contribution is -2.25. The molecule has 2 N–H and O–H groups in total. The number of Topliss-reactive ketones (excluding diaryl/α,β-unsaturated/α-hetero) is 1. The van der Waals surface area contributed by atoms with Gasteiger partial charge in [0, 0.05) is 31.2 Å². The van der Waals surface area contributed by atoms with Gasteiger partial charge in [-0.15, -0.1) is 0 Å². The zero-order valence-electron chi connectivity index (χ0n) is 20.3. The summed E-state index contributed by atoms with van der Waals surface area (Å²) in [6.45, 7) is 3.46. The van der Waals surface area contributed by atoms with Gasteiger partial charge in [-0.1, -0.05) is 0 Å². The third-order valence-corrected chi connectivity index (χ3v) is 5.93. The van der Waals surface area contributed by atoms with E-state index in [9.17, 15) is 31.9 Å². The molecule has 13 heteroatoms. The van der Waals surface area contributed by atoms with Crippen LogP contribution in [0, 0.1) is 5.82 Å². The maximum absolute atomic E-state index is 14.8. The fourth-order valence-electron chi connectivity index (χ4n) is 4.03. The monoisotopic (exact) mass is 530 g/mol. The lowest BCUT2D eigenvalue weighted by molar-refractivity contribution is -0.138. The van der Waals surface area contributed by atoms with Crippen LogP contribution >= 0.6 is 0 Å². The van der Waals surface area contributed by atoms with Crippen LogP contribution in [0.3, 0.4) is 0 Å². The second kappa shape index (κ2) is 10.5. The molecule has 4 aromatic rings. The van der Waals surface area contributed by atoms with Crippen molar-refractivity contribution in [2.75, 3.05) is 5.32 Å². The first-order chi connectivity index (χ1) is 18.0. The Hall–Kier alpha value is -4.42. The molecule has 4 rings (SSSR count). The molecule has 0 spiro atoms. The number of alkyl halides is 3. The summed E-state index contributed by atoms with van der Waals surface area (Å²) in [5.74, 6) is -1.46. The number of carbonyl (C=O) groups excluding carboxylic acids is 1. The van der Waals surface area contributed by atoms with E-state index in [2.05, 4.69) is 25.5 Å². The van der Waals surface area contributed by atoms with Crippen LogP contribution in [0.2, 0.25) is 0 Å². The van der Waals surface area contributed by atoms with Gasteiger partial charge in [-0.3, -0.25) is 14.4 Å². The summed E-state index contributed by atoms with van der Waals surface area (Å²) in [4.78, 5) is 43.9. The smallest absolute Gasteiger partial charge is 0.381 e. The number of aromatic nitrogens is 5. The predicted molar refractivity (Wildman–Crippen MR) is 131 cm³/mol. The Kier molecular flexibility index (Phi) is 7.37. The minimum absolute atomic E-state index is 0.0133. The van der Waals surface area contributed by atoms with Gasteiger partial charge in [-0.2, -0.15) is 18.3 Å². The molecule has 38 heavy (non-hydrogen) atoms. The number of nitrogens with one attached hydrogen (secondary N) is 2. The van der Waals surface area contributed by atoms with Crippen LogP contribution < -0.4 is 16.4 Å². The summed E-state index contributed by atoms with van der Waals surface area (Å²) in [5, 5.41) is 9.52. The minimum atomic E-state index is -4.62. The normalized spacial score (nSPS) is 12.5. The fraction of sp³-hybridized carbons (Fsp3) is 0.280. The second-order valence-electron chi connectivity index (χ2n) is 8.76. The van der Waals surface area contributed by atoms with Gasteiger partial charge < -0.3 is 9.88 Å². The Bertz CT molecular complexity index is 1610. The van der Waals surface area contributed by atoms with Gasteiger partial charge in [0.1, 0.15) is 11.4 Å². The lowest BCUT2D eigenvalue weighted by atomic mass is 10.1. The van der Waals surface area contributed by atoms with Crippen molar-refractivity contribution < 1.29 is 22.4 Å². The molecule has 0 amide bonds. The van der Waals surface area contributed by atoms with Crippen LogP contribution in [0.25, 0.3) is 22.2 Å². The van der Waals surface area contributed by atoms with Crippen molar-refractivity contribution in [1.82, 2.24) is 24.7 Å². The molecule has 1 atom stereocenters. The summed E-state index contributed by atoms with van der Waals surface area (Å²) in [7, 11) is 0. The highest BCUT2D eigenvalue weighted by Crippen LogP contribution is 2.30. The first-order valence-electron chi connectivity index (χ1n) is 11.5. The number of halogens is 4. The lowest BCUT2D eigenvalue weighted by Gasteiger charge is -2.17. The molecule has 0 aliphatic rings. The minimum Gasteiger partial charge on any atom is -0.381 e. The topological polar surface area (TPSA) is 123 Å². The van der Waals surface area contributed by atoms with E-state index >= 15 is 0 Å². The third kappa shape index (κ3) is 5.61. The van der Waals surface area contributed by atoms with E-state index in [0.717, 1.165) is 6.07 Å². The van der Waals surface area contributed by atoms with Crippen LogP contribution in [-0.2, 0) is 12.7 Å². The molecule has 198 valence electrons. The van der Waals surface area contributed by atoms with Crippen LogP contribution in [0.5, 0.6) is 0 Å². The highest BCUT2D eigenvalue weighted by molar-refractivity contribution is 5.98. The van der Waals surface area contributed by atoms with Crippen LogP contribution in [0.1, 0.15) is 42.6 Å². The molecular weight excluding hydrogens is 508 g/mol. The quantitative estimate of drug-likeness (QED) is 0.259. The first-order valence-corrected chi connectivity index (χ1v) is 11.5. The Morgan fingerprint density at radius 2 is 1.87 bits per heavy atom. The van der Waals surface area contributed by atoms with E-state index in [1.165, 1.54) is 23.8 Å². The number of carbonyl (C=O) groups is 1. The number of rotatable bonds is 8. The number of nitrogens with zero attached hydrogens (tertiary/aromatic N) is 4. The first kappa shape index (κ1) is 26.6. The summed E-state index contributed by atoms with van der Waals surface area (Å²) in [6, 6.07) is 3.80. The van der Waals surface area contributed by atoms with Gasteiger partial charge in [0.25, 0.3) is 11.1 Å². The highest BCUT2D eigenvalue weighted by Gasteiger charge is 2.31. The Labute approximate surface area is 212 Å². The molecule has 0 bridgehead atoms. The summed E-state index contributed by atoms with van der Waals surface area (Å²) >= 11 is 0. The average molecular weight is 530 g/mol. The van der Waals surface area contributed by atoms with E-state index in [-0.39, 0.29) is 28.4 Å². The van der Waals surface area contributed by atoms with Crippen LogP contribution in [0.4, 0.5) is 23.2 Å². The van der Waals surface area contributed by atoms with Crippen LogP contribution in [0.15, 0.2) is 52.6 Å². The number of fused-ring (bicyclic) bond motifs is 1. The number of anilines is 1. The standard InChI is InChI=1S/C25H22F4N6O3/c1-13(33-20-12-32-34-23(37)21(20)14(2)36)4-3-6-35-7-5-15-8-18(19(26)9-17(15)24(35)38)22-30-10-16(11-31-22)25(27,28)29/h5,7-13H,3-4,6H2,1-2H3,(H2,33,34,37). The molecule has 0 aliphatic heterocycles. The van der Waals surface area contributed by atoms with E-state index in [1.54, 1.807) is 12.3 Å². The van der Waals surface area contributed by atoms with Crippen molar-refractivity contribution in [1.29, 1.82) is 0 Å². The maximum atomic E-state index is 14.8. The molecule has 1 aromatic carbocycles. The third-order valence-electron chi connectivity index (χ3n) is 5.93. The maximum Gasteiger partial charge on any atom is 0.419 e. The number of hydrogen-bond acceptors (Lipinski definition) is 7. The number of pyridine rings is 1. The van der Waals surface area contributed by atoms with Crippen molar-refractivity contribution in [3.05, 3.63) is 80.6 Å². The Morgan fingerprint density at radius 1 is 1.16 bits per heavy atom. The van der Waals surface area contributed by atoms with E-state index in [4.69, 9.17) is 0 Å². The molecule has 0 saturated carbocycles. The predicted octanol–water partition coefficient (Wildman–Crippen LogP) is 4.18. The van der Waals surface area contributed by atoms with Gasteiger partial charge in [-0.25, -0.2) is 19.5 Å². The van der Waals surface area contributed by atoms with Gasteiger partial charge >= 0.3 is 6.18 Å². The fourth-order valence-corrected chi connectivity index (χ4v) is 4.03. The molecule has 3 aromatic heterocycles. The zero-order chi connectivity index (χ0) is 27.6. The molecular formula is C25H22F4N6O3. The molecule has 3 heterocycles. The van der Waals surface area contributed by atoms with E-state index in [1.807, 2.05) is 6.92 Å². The van der Waals surface area contributed by atoms with Crippen LogP contribution in [-0.4, -0.2) is 36.6 Å². The van der Waals surface area contributed by atoms with Gasteiger partial charge in [0.05, 0.1) is 28.4 Å². The van der Waals surface area contributed by atoms with Crippen molar-refractivity contribution in [2.24, 2.45) is 0 Å². The highest BCUT2D eigenvalue weighted by atomic mass is 19.4. The number of aromatic amines is 1. The molecule has 0 fully saturated rings.